The fourth-order valence-electron chi connectivity index (χ4n) is 2.39. The van der Waals surface area contributed by atoms with Crippen molar-refractivity contribution in [3.8, 4) is 0 Å². The normalized spacial score (nSPS) is 19.0. The van der Waals surface area contributed by atoms with Crippen molar-refractivity contribution in [1.82, 2.24) is 4.90 Å². The van der Waals surface area contributed by atoms with Gasteiger partial charge in [-0.3, -0.25) is 14.9 Å². The third kappa shape index (κ3) is 3.32. The molecule has 1 amide bonds. The minimum absolute atomic E-state index is 0.00348. The van der Waals surface area contributed by atoms with Gasteiger partial charge in [0.15, 0.2) is 0 Å². The molecule has 0 spiro atoms. The van der Waals surface area contributed by atoms with Crippen molar-refractivity contribution in [3.63, 3.8) is 0 Å². The van der Waals surface area contributed by atoms with E-state index in [0.717, 1.165) is 6.42 Å². The molecule has 1 atom stereocenters. The highest BCUT2D eigenvalue weighted by Gasteiger charge is 2.45. The molecule has 0 aliphatic heterocycles. The van der Waals surface area contributed by atoms with Crippen molar-refractivity contribution in [2.45, 2.75) is 20.3 Å². The zero-order valence-electron chi connectivity index (χ0n) is 12.8. The van der Waals surface area contributed by atoms with Crippen LogP contribution < -0.4 is 5.32 Å². The molecule has 0 aromatic heterocycles. The molecule has 1 aromatic carbocycles. The summed E-state index contributed by atoms with van der Waals surface area (Å²) in [6.07, 6.45) is 1.12. The van der Waals surface area contributed by atoms with Gasteiger partial charge in [-0.25, -0.2) is 0 Å². The van der Waals surface area contributed by atoms with Crippen LogP contribution in [-0.4, -0.2) is 36.4 Å². The van der Waals surface area contributed by atoms with Crippen LogP contribution in [0.3, 0.4) is 0 Å². The number of rotatable bonds is 5. The van der Waals surface area contributed by atoms with Gasteiger partial charge in [-0.1, -0.05) is 13.8 Å². The summed E-state index contributed by atoms with van der Waals surface area (Å²) in [6, 6.07) is 4.44. The Kier molecular flexibility index (Phi) is 3.89. The first-order valence-electron chi connectivity index (χ1n) is 6.96. The Hall–Kier alpha value is -2.11. The number of nitrogens with zero attached hydrogens (tertiary/aromatic N) is 2. The van der Waals surface area contributed by atoms with Crippen molar-refractivity contribution in [3.05, 3.63) is 33.9 Å². The van der Waals surface area contributed by atoms with Crippen LogP contribution in [0.5, 0.6) is 0 Å². The molecule has 114 valence electrons. The number of nitrogens with one attached hydrogen (secondary N) is 1. The van der Waals surface area contributed by atoms with Gasteiger partial charge in [0.25, 0.3) is 11.6 Å². The predicted molar refractivity (Wildman–Crippen MR) is 81.5 cm³/mol. The average molecular weight is 291 g/mol. The third-order valence-electron chi connectivity index (χ3n) is 4.10. The van der Waals surface area contributed by atoms with E-state index in [1.165, 1.54) is 17.0 Å². The maximum absolute atomic E-state index is 12.0. The molecule has 1 fully saturated rings. The summed E-state index contributed by atoms with van der Waals surface area (Å²) >= 11 is 0. The van der Waals surface area contributed by atoms with Gasteiger partial charge in [-0.2, -0.15) is 0 Å². The van der Waals surface area contributed by atoms with Crippen LogP contribution in [0.4, 0.5) is 11.4 Å². The van der Waals surface area contributed by atoms with Crippen molar-refractivity contribution in [2.75, 3.05) is 26.0 Å². The molecule has 0 radical (unpaired) electrons. The molecular formula is C15H21N3O3. The van der Waals surface area contributed by atoms with Crippen molar-refractivity contribution in [1.29, 1.82) is 0 Å². The van der Waals surface area contributed by atoms with E-state index in [9.17, 15) is 14.9 Å². The van der Waals surface area contributed by atoms with Gasteiger partial charge in [0, 0.05) is 32.3 Å². The molecule has 2 rings (SSSR count). The lowest BCUT2D eigenvalue weighted by Crippen LogP contribution is -2.22. The molecule has 6 nitrogen and oxygen atoms in total. The number of amides is 1. The van der Waals surface area contributed by atoms with Gasteiger partial charge in [0.2, 0.25) is 0 Å². The summed E-state index contributed by atoms with van der Waals surface area (Å²) in [7, 11) is 3.31. The van der Waals surface area contributed by atoms with E-state index >= 15 is 0 Å². The second-order valence-electron chi connectivity index (χ2n) is 6.46. The Morgan fingerprint density at radius 2 is 2.10 bits per heavy atom. The lowest BCUT2D eigenvalue weighted by atomic mass is 10.1. The number of hydrogen-bond donors (Lipinski definition) is 1. The Labute approximate surface area is 124 Å². The van der Waals surface area contributed by atoms with Crippen LogP contribution in [0, 0.1) is 21.4 Å². The maximum atomic E-state index is 12.0. The van der Waals surface area contributed by atoms with Gasteiger partial charge in [-0.05, 0) is 29.9 Å². The summed E-state index contributed by atoms with van der Waals surface area (Å²) in [4.78, 5) is 24.1. The van der Waals surface area contributed by atoms with E-state index < -0.39 is 4.92 Å². The molecule has 0 heterocycles. The second kappa shape index (κ2) is 5.35. The van der Waals surface area contributed by atoms with Gasteiger partial charge < -0.3 is 10.2 Å². The SMILES string of the molecule is CN(C)C(=O)c1ccc([N+](=O)[O-])c(NCC2CC2(C)C)c1. The number of nitro groups is 1. The Balaban J connectivity index is 2.21. The largest absolute Gasteiger partial charge is 0.379 e. The number of anilines is 1. The van der Waals surface area contributed by atoms with Gasteiger partial charge in [-0.15, -0.1) is 0 Å². The first-order chi connectivity index (χ1) is 9.72. The number of carbonyl (C=O) groups is 1. The average Bonchev–Trinajstić information content (AvgIpc) is 3.02. The molecule has 1 aromatic rings. The minimum Gasteiger partial charge on any atom is -0.379 e. The predicted octanol–water partition coefficient (Wildman–Crippen LogP) is 2.75. The lowest BCUT2D eigenvalue weighted by molar-refractivity contribution is -0.384. The van der Waals surface area contributed by atoms with E-state index in [1.54, 1.807) is 20.2 Å². The van der Waals surface area contributed by atoms with Crippen LogP contribution in [0.15, 0.2) is 18.2 Å². The van der Waals surface area contributed by atoms with Crippen molar-refractivity contribution in [2.24, 2.45) is 11.3 Å². The van der Waals surface area contributed by atoms with Crippen LogP contribution in [0.25, 0.3) is 0 Å². The molecule has 1 unspecified atom stereocenters. The molecular weight excluding hydrogens is 270 g/mol. The fraction of sp³-hybridized carbons (Fsp3) is 0.533. The quantitative estimate of drug-likeness (QED) is 0.668. The molecule has 1 saturated carbocycles. The molecule has 6 heteroatoms. The fourth-order valence-corrected chi connectivity index (χ4v) is 2.39. The summed E-state index contributed by atoms with van der Waals surface area (Å²) in [6.45, 7) is 5.05. The Morgan fingerprint density at radius 3 is 2.57 bits per heavy atom. The summed E-state index contributed by atoms with van der Waals surface area (Å²) in [5.41, 5.74) is 1.17. The van der Waals surface area contributed by atoms with Crippen LogP contribution in [0.1, 0.15) is 30.6 Å². The van der Waals surface area contributed by atoms with Crippen LogP contribution in [-0.2, 0) is 0 Å². The highest BCUT2D eigenvalue weighted by molar-refractivity contribution is 5.95. The summed E-state index contributed by atoms with van der Waals surface area (Å²) in [5, 5.41) is 14.2. The van der Waals surface area contributed by atoms with Crippen molar-refractivity contribution < 1.29 is 9.72 Å². The van der Waals surface area contributed by atoms with E-state index in [0.29, 0.717) is 29.1 Å². The summed E-state index contributed by atoms with van der Waals surface area (Å²) in [5.74, 6) is 0.352. The zero-order valence-corrected chi connectivity index (χ0v) is 12.8. The Bertz CT molecular complexity index is 582. The van der Waals surface area contributed by atoms with Gasteiger partial charge in [0.05, 0.1) is 4.92 Å². The second-order valence-corrected chi connectivity index (χ2v) is 6.46. The van der Waals surface area contributed by atoms with Crippen LogP contribution in [0.2, 0.25) is 0 Å². The van der Waals surface area contributed by atoms with E-state index in [1.807, 2.05) is 0 Å². The van der Waals surface area contributed by atoms with Gasteiger partial charge >= 0.3 is 0 Å². The Morgan fingerprint density at radius 1 is 1.48 bits per heavy atom. The number of hydrogen-bond acceptors (Lipinski definition) is 4. The molecule has 0 saturated heterocycles. The van der Waals surface area contributed by atoms with E-state index in [-0.39, 0.29) is 11.6 Å². The van der Waals surface area contributed by atoms with Gasteiger partial charge in [0.1, 0.15) is 5.69 Å². The van der Waals surface area contributed by atoms with Crippen LogP contribution >= 0.6 is 0 Å². The molecule has 1 aliphatic carbocycles. The standard InChI is InChI=1S/C15H21N3O3/c1-15(2)8-11(15)9-16-12-7-10(14(19)17(3)4)5-6-13(12)18(20)21/h5-7,11,16H,8-9H2,1-4H3. The molecule has 0 bridgehead atoms. The highest BCUT2D eigenvalue weighted by atomic mass is 16.6. The molecule has 1 N–H and O–H groups in total. The number of nitro benzene ring substituents is 1. The lowest BCUT2D eigenvalue weighted by Gasteiger charge is -2.13. The highest BCUT2D eigenvalue weighted by Crippen LogP contribution is 2.51. The minimum atomic E-state index is -0.426. The van der Waals surface area contributed by atoms with E-state index in [2.05, 4.69) is 19.2 Å². The van der Waals surface area contributed by atoms with Crippen molar-refractivity contribution >= 4 is 17.3 Å². The first kappa shape index (κ1) is 15.3. The number of carbonyl (C=O) groups excluding carboxylic acids is 1. The third-order valence-corrected chi connectivity index (χ3v) is 4.10. The summed E-state index contributed by atoms with van der Waals surface area (Å²) < 4.78 is 0. The molecule has 1 aliphatic rings. The maximum Gasteiger partial charge on any atom is 0.292 e. The van der Waals surface area contributed by atoms with E-state index in [4.69, 9.17) is 0 Å². The topological polar surface area (TPSA) is 75.5 Å². The molecule has 21 heavy (non-hydrogen) atoms. The number of benzene rings is 1. The first-order valence-corrected chi connectivity index (χ1v) is 6.96. The smallest absolute Gasteiger partial charge is 0.292 e. The monoisotopic (exact) mass is 291 g/mol. The zero-order chi connectivity index (χ0) is 15.8.